The van der Waals surface area contributed by atoms with Crippen LogP contribution in [0.5, 0.6) is 0 Å². The Balaban J connectivity index is 1.76. The minimum Gasteiger partial charge on any atom is -0.370 e. The van der Waals surface area contributed by atoms with Crippen LogP contribution < -0.4 is 16.4 Å². The highest BCUT2D eigenvalue weighted by atomic mass is 16.1. The van der Waals surface area contributed by atoms with Gasteiger partial charge in [0.25, 0.3) is 0 Å². The number of amides is 2. The minimum absolute atomic E-state index is 0.150. The zero-order valence-corrected chi connectivity index (χ0v) is 16.1. The number of aliphatic imine (C=N–C) groups is 1. The van der Waals surface area contributed by atoms with E-state index in [2.05, 4.69) is 20.5 Å². The molecule has 0 aromatic heterocycles. The lowest BCUT2D eigenvalue weighted by atomic mass is 9.95. The van der Waals surface area contributed by atoms with Gasteiger partial charge in [-0.05, 0) is 44.4 Å². The third-order valence-electron chi connectivity index (χ3n) is 5.29. The molecular formula is C19H35N5O2. The molecule has 148 valence electrons. The molecule has 2 aliphatic rings. The highest BCUT2D eigenvalue weighted by Crippen LogP contribution is 2.27. The van der Waals surface area contributed by atoms with E-state index in [1.54, 1.807) is 0 Å². The zero-order chi connectivity index (χ0) is 18.8. The van der Waals surface area contributed by atoms with Crippen molar-refractivity contribution < 1.29 is 9.59 Å². The molecule has 1 atom stereocenters. The molecular weight excluding hydrogens is 330 g/mol. The van der Waals surface area contributed by atoms with Gasteiger partial charge in [0, 0.05) is 39.0 Å². The molecule has 0 aromatic carbocycles. The Kier molecular flexibility index (Phi) is 8.71. The topological polar surface area (TPSA) is 99.8 Å². The van der Waals surface area contributed by atoms with Crippen molar-refractivity contribution in [3.05, 3.63) is 0 Å². The summed E-state index contributed by atoms with van der Waals surface area (Å²) in [7, 11) is 0. The Morgan fingerprint density at radius 1 is 1.08 bits per heavy atom. The summed E-state index contributed by atoms with van der Waals surface area (Å²) in [5.74, 6) is 1.66. The largest absolute Gasteiger partial charge is 0.370 e. The Bertz CT molecular complexity index is 488. The number of hydrogen-bond donors (Lipinski definition) is 3. The second-order valence-electron chi connectivity index (χ2n) is 7.56. The van der Waals surface area contributed by atoms with E-state index in [0.29, 0.717) is 37.8 Å². The molecule has 1 heterocycles. The first kappa shape index (κ1) is 20.5. The lowest BCUT2D eigenvalue weighted by Crippen LogP contribution is -2.47. The number of hydrogen-bond acceptors (Lipinski definition) is 3. The van der Waals surface area contributed by atoms with Gasteiger partial charge < -0.3 is 21.3 Å². The fourth-order valence-corrected chi connectivity index (χ4v) is 4.04. The Labute approximate surface area is 157 Å². The van der Waals surface area contributed by atoms with Gasteiger partial charge in [-0.3, -0.25) is 14.6 Å². The predicted octanol–water partition coefficient (Wildman–Crippen LogP) is 1.24. The van der Waals surface area contributed by atoms with Gasteiger partial charge in [-0.2, -0.15) is 0 Å². The first-order chi connectivity index (χ1) is 12.6. The number of carbonyl (C=O) groups excluding carboxylic acids is 2. The van der Waals surface area contributed by atoms with Crippen LogP contribution in [0.15, 0.2) is 4.99 Å². The quantitative estimate of drug-likeness (QED) is 0.342. The van der Waals surface area contributed by atoms with Gasteiger partial charge in [0.2, 0.25) is 11.8 Å². The summed E-state index contributed by atoms with van der Waals surface area (Å²) < 4.78 is 0. The third kappa shape index (κ3) is 7.22. The Morgan fingerprint density at radius 2 is 1.81 bits per heavy atom. The van der Waals surface area contributed by atoms with Crippen LogP contribution in [-0.2, 0) is 9.59 Å². The van der Waals surface area contributed by atoms with Crippen LogP contribution in [0.3, 0.4) is 0 Å². The van der Waals surface area contributed by atoms with E-state index in [4.69, 9.17) is 5.73 Å². The lowest BCUT2D eigenvalue weighted by molar-refractivity contribution is -0.122. The maximum Gasteiger partial charge on any atom is 0.220 e. The first-order valence-electron chi connectivity index (χ1n) is 10.2. The molecule has 2 amide bonds. The third-order valence-corrected chi connectivity index (χ3v) is 5.29. The molecule has 7 heteroatoms. The van der Waals surface area contributed by atoms with E-state index in [9.17, 15) is 9.59 Å². The van der Waals surface area contributed by atoms with Crippen LogP contribution in [0.1, 0.15) is 58.3 Å². The average molecular weight is 366 g/mol. The minimum atomic E-state index is -0.233. The number of nitrogens with two attached hydrogens (primary N) is 1. The van der Waals surface area contributed by atoms with Crippen molar-refractivity contribution in [2.45, 2.75) is 58.3 Å². The molecule has 26 heavy (non-hydrogen) atoms. The van der Waals surface area contributed by atoms with Crippen LogP contribution in [0.4, 0.5) is 0 Å². The molecule has 1 unspecified atom stereocenters. The zero-order valence-electron chi connectivity index (χ0n) is 16.1. The fraction of sp³-hybridized carbons (Fsp3) is 0.842. The van der Waals surface area contributed by atoms with E-state index in [1.807, 2.05) is 6.92 Å². The van der Waals surface area contributed by atoms with Crippen molar-refractivity contribution >= 4 is 17.8 Å². The number of primary amides is 1. The van der Waals surface area contributed by atoms with Gasteiger partial charge in [-0.1, -0.05) is 12.8 Å². The van der Waals surface area contributed by atoms with Crippen LogP contribution in [0.25, 0.3) is 0 Å². The summed E-state index contributed by atoms with van der Waals surface area (Å²) in [5.41, 5.74) is 5.34. The Morgan fingerprint density at radius 3 is 2.50 bits per heavy atom. The second kappa shape index (κ2) is 11.0. The highest BCUT2D eigenvalue weighted by Gasteiger charge is 2.23. The van der Waals surface area contributed by atoms with Crippen LogP contribution in [0.2, 0.25) is 0 Å². The molecule has 1 saturated carbocycles. The van der Waals surface area contributed by atoms with Crippen molar-refractivity contribution in [1.29, 1.82) is 0 Å². The van der Waals surface area contributed by atoms with Crippen LogP contribution >= 0.6 is 0 Å². The molecule has 4 N–H and O–H groups in total. The summed E-state index contributed by atoms with van der Waals surface area (Å²) >= 11 is 0. The summed E-state index contributed by atoms with van der Waals surface area (Å²) in [6.45, 7) is 5.72. The molecule has 0 bridgehead atoms. The number of nitrogens with zero attached hydrogens (tertiary/aromatic N) is 2. The van der Waals surface area contributed by atoms with Gasteiger partial charge >= 0.3 is 0 Å². The summed E-state index contributed by atoms with van der Waals surface area (Å²) in [6, 6.07) is 0. The van der Waals surface area contributed by atoms with Crippen LogP contribution in [0, 0.1) is 11.8 Å². The maximum absolute atomic E-state index is 12.0. The standard InChI is InChI=1S/C19H35N5O2/c1-2-21-19(24-11-5-8-16(14-24)12-17(20)25)23-10-9-22-18(26)13-15-6-3-4-7-15/h15-16H,2-14H2,1H3,(H2,20,25)(H,21,23)(H,22,26). The molecule has 0 spiro atoms. The van der Waals surface area contributed by atoms with E-state index in [1.165, 1.54) is 25.7 Å². The highest BCUT2D eigenvalue weighted by molar-refractivity contribution is 5.80. The van der Waals surface area contributed by atoms with Gasteiger partial charge in [-0.25, -0.2) is 0 Å². The lowest BCUT2D eigenvalue weighted by Gasteiger charge is -2.34. The first-order valence-corrected chi connectivity index (χ1v) is 10.2. The monoisotopic (exact) mass is 365 g/mol. The van der Waals surface area contributed by atoms with Gasteiger partial charge in [0.1, 0.15) is 0 Å². The molecule has 0 radical (unpaired) electrons. The van der Waals surface area contributed by atoms with E-state index in [0.717, 1.165) is 38.4 Å². The van der Waals surface area contributed by atoms with E-state index < -0.39 is 0 Å². The maximum atomic E-state index is 12.0. The van der Waals surface area contributed by atoms with Crippen LogP contribution in [-0.4, -0.2) is 55.4 Å². The number of rotatable bonds is 8. The molecule has 7 nitrogen and oxygen atoms in total. The molecule has 1 saturated heterocycles. The van der Waals surface area contributed by atoms with Crippen molar-refractivity contribution in [2.24, 2.45) is 22.6 Å². The normalized spacial score (nSPS) is 21.7. The predicted molar refractivity (Wildman–Crippen MR) is 104 cm³/mol. The Hall–Kier alpha value is -1.79. The SMILES string of the molecule is CCNC(=NCCNC(=O)CC1CCCC1)N1CCCC(CC(N)=O)C1. The number of nitrogens with one attached hydrogen (secondary N) is 2. The molecule has 1 aliphatic heterocycles. The van der Waals surface area contributed by atoms with Gasteiger partial charge in [0.15, 0.2) is 5.96 Å². The average Bonchev–Trinajstić information content (AvgIpc) is 3.10. The van der Waals surface area contributed by atoms with Crippen molar-refractivity contribution in [3.8, 4) is 0 Å². The smallest absolute Gasteiger partial charge is 0.220 e. The molecule has 2 rings (SSSR count). The summed E-state index contributed by atoms with van der Waals surface area (Å²) in [4.78, 5) is 30.0. The fourth-order valence-electron chi connectivity index (χ4n) is 4.04. The van der Waals surface area contributed by atoms with Crippen molar-refractivity contribution in [3.63, 3.8) is 0 Å². The number of likely N-dealkylation sites (tertiary alicyclic amines) is 1. The van der Waals surface area contributed by atoms with Crippen molar-refractivity contribution in [1.82, 2.24) is 15.5 Å². The molecule has 0 aromatic rings. The molecule has 2 fully saturated rings. The van der Waals surface area contributed by atoms with Gasteiger partial charge in [-0.15, -0.1) is 0 Å². The number of piperidine rings is 1. The summed E-state index contributed by atoms with van der Waals surface area (Å²) in [5, 5.41) is 6.31. The second-order valence-corrected chi connectivity index (χ2v) is 7.56. The number of guanidine groups is 1. The van der Waals surface area contributed by atoms with E-state index in [-0.39, 0.29) is 11.8 Å². The van der Waals surface area contributed by atoms with Crippen molar-refractivity contribution in [2.75, 3.05) is 32.7 Å². The van der Waals surface area contributed by atoms with E-state index >= 15 is 0 Å². The number of carbonyl (C=O) groups is 2. The summed E-state index contributed by atoms with van der Waals surface area (Å²) in [6.07, 6.45) is 8.09. The van der Waals surface area contributed by atoms with Gasteiger partial charge in [0.05, 0.1) is 6.54 Å². The molecule has 1 aliphatic carbocycles.